The molecule has 6 nitrogen and oxygen atoms in total. The molecule has 184 valence electrons. The summed E-state index contributed by atoms with van der Waals surface area (Å²) in [5.41, 5.74) is 1.19. The Labute approximate surface area is 198 Å². The second-order valence-electron chi connectivity index (χ2n) is 10.6. The number of carboxylic acids is 1. The van der Waals surface area contributed by atoms with Crippen molar-refractivity contribution in [2.24, 2.45) is 17.8 Å². The van der Waals surface area contributed by atoms with Crippen molar-refractivity contribution in [3.8, 4) is 5.75 Å². The summed E-state index contributed by atoms with van der Waals surface area (Å²) in [5.74, 6) is 0.557. The van der Waals surface area contributed by atoms with Crippen LogP contribution in [0.15, 0.2) is 24.3 Å². The summed E-state index contributed by atoms with van der Waals surface area (Å²) >= 11 is 0. The molecule has 1 saturated heterocycles. The van der Waals surface area contributed by atoms with Crippen LogP contribution in [-0.2, 0) is 15.0 Å². The number of nitrogens with one attached hydrogen (secondary N) is 1. The van der Waals surface area contributed by atoms with Gasteiger partial charge in [-0.1, -0.05) is 58.1 Å². The highest BCUT2D eigenvalue weighted by Crippen LogP contribution is 2.40. The molecule has 33 heavy (non-hydrogen) atoms. The van der Waals surface area contributed by atoms with Gasteiger partial charge in [0.2, 0.25) is 5.91 Å². The number of aliphatic carboxylic acids is 1. The van der Waals surface area contributed by atoms with Gasteiger partial charge in [-0.3, -0.25) is 9.59 Å². The van der Waals surface area contributed by atoms with E-state index < -0.39 is 5.97 Å². The number of nitrogens with zero attached hydrogens (tertiary/aromatic N) is 1. The van der Waals surface area contributed by atoms with E-state index in [9.17, 15) is 14.7 Å². The third-order valence-corrected chi connectivity index (χ3v) is 8.13. The highest BCUT2D eigenvalue weighted by atomic mass is 16.4. The lowest BCUT2D eigenvalue weighted by molar-refractivity contribution is -0.137. The lowest BCUT2D eigenvalue weighted by atomic mass is 9.68. The first-order valence-corrected chi connectivity index (χ1v) is 12.8. The first-order chi connectivity index (χ1) is 15.8. The average molecular weight is 459 g/mol. The molecule has 3 atom stereocenters. The molecule has 6 heteroatoms. The molecule has 0 bridgehead atoms. The fourth-order valence-corrected chi connectivity index (χ4v) is 5.77. The Hall–Kier alpha value is -2.08. The molecular formula is C27H42N2O4. The molecule has 0 aromatic heterocycles. The van der Waals surface area contributed by atoms with Crippen molar-refractivity contribution in [2.45, 2.75) is 77.0 Å². The van der Waals surface area contributed by atoms with E-state index >= 15 is 0 Å². The molecule has 2 aliphatic rings. The topological polar surface area (TPSA) is 89.9 Å². The lowest BCUT2D eigenvalue weighted by Crippen LogP contribution is -2.50. The number of phenols is 1. The van der Waals surface area contributed by atoms with Crippen LogP contribution in [0.25, 0.3) is 0 Å². The van der Waals surface area contributed by atoms with Crippen LogP contribution in [0.4, 0.5) is 0 Å². The van der Waals surface area contributed by atoms with Gasteiger partial charge in [0.1, 0.15) is 5.75 Å². The van der Waals surface area contributed by atoms with Crippen molar-refractivity contribution in [2.75, 3.05) is 26.2 Å². The Bertz CT molecular complexity index is 792. The van der Waals surface area contributed by atoms with Crippen LogP contribution in [0.5, 0.6) is 5.75 Å². The number of carbonyl (C=O) groups excluding carboxylic acids is 1. The fraction of sp³-hybridized carbons (Fsp3) is 0.704. The zero-order valence-electron chi connectivity index (χ0n) is 20.4. The van der Waals surface area contributed by atoms with E-state index in [2.05, 4.69) is 30.1 Å². The van der Waals surface area contributed by atoms with Gasteiger partial charge < -0.3 is 20.4 Å². The van der Waals surface area contributed by atoms with Gasteiger partial charge in [0.15, 0.2) is 0 Å². The molecule has 0 radical (unpaired) electrons. The van der Waals surface area contributed by atoms with E-state index in [0.29, 0.717) is 30.6 Å². The second-order valence-corrected chi connectivity index (χ2v) is 10.6. The van der Waals surface area contributed by atoms with Gasteiger partial charge in [-0.25, -0.2) is 0 Å². The normalized spacial score (nSPS) is 25.5. The van der Waals surface area contributed by atoms with Crippen molar-refractivity contribution in [3.63, 3.8) is 0 Å². The first-order valence-electron chi connectivity index (χ1n) is 12.8. The van der Waals surface area contributed by atoms with Crippen molar-refractivity contribution >= 4 is 11.9 Å². The molecule has 3 rings (SSSR count). The van der Waals surface area contributed by atoms with Gasteiger partial charge in [-0.05, 0) is 60.8 Å². The van der Waals surface area contributed by atoms with E-state index in [-0.39, 0.29) is 23.7 Å². The molecular weight excluding hydrogens is 416 g/mol. The van der Waals surface area contributed by atoms with Crippen LogP contribution in [0.3, 0.4) is 0 Å². The molecule has 1 aromatic rings. The summed E-state index contributed by atoms with van der Waals surface area (Å²) < 4.78 is 0. The molecule has 1 aliphatic carbocycles. The van der Waals surface area contributed by atoms with Gasteiger partial charge in [0, 0.05) is 26.1 Å². The Balaban J connectivity index is 1.61. The van der Waals surface area contributed by atoms with Crippen LogP contribution >= 0.6 is 0 Å². The lowest BCUT2D eigenvalue weighted by Gasteiger charge is -2.46. The van der Waals surface area contributed by atoms with E-state index in [1.165, 1.54) is 37.7 Å². The summed E-state index contributed by atoms with van der Waals surface area (Å²) in [6.45, 7) is 7.63. The van der Waals surface area contributed by atoms with Crippen molar-refractivity contribution < 1.29 is 19.8 Å². The SMILES string of the molecule is CC1CN(CC(CC2CCCCC2)C(=O)NCCCC(=O)O)CCC1(C)c1cccc(O)c1. The maximum Gasteiger partial charge on any atom is 0.303 e. The summed E-state index contributed by atoms with van der Waals surface area (Å²) in [6.07, 6.45) is 8.75. The van der Waals surface area contributed by atoms with Crippen molar-refractivity contribution in [3.05, 3.63) is 29.8 Å². The van der Waals surface area contributed by atoms with Gasteiger partial charge in [-0.2, -0.15) is 0 Å². The zero-order chi connectivity index (χ0) is 23.8. The molecule has 1 saturated carbocycles. The summed E-state index contributed by atoms with van der Waals surface area (Å²) in [5, 5.41) is 21.8. The van der Waals surface area contributed by atoms with Crippen LogP contribution in [0.2, 0.25) is 0 Å². The molecule has 1 aromatic carbocycles. The van der Waals surface area contributed by atoms with Crippen LogP contribution in [0.1, 0.15) is 77.2 Å². The predicted molar refractivity (Wildman–Crippen MR) is 130 cm³/mol. The molecule has 1 heterocycles. The second kappa shape index (κ2) is 11.9. The number of aromatic hydroxyl groups is 1. The Morgan fingerprint density at radius 1 is 1.24 bits per heavy atom. The average Bonchev–Trinajstić information content (AvgIpc) is 2.79. The monoisotopic (exact) mass is 458 g/mol. The molecule has 1 aliphatic heterocycles. The van der Waals surface area contributed by atoms with Crippen molar-refractivity contribution in [1.82, 2.24) is 10.2 Å². The van der Waals surface area contributed by atoms with Gasteiger partial charge >= 0.3 is 5.97 Å². The number of likely N-dealkylation sites (tertiary alicyclic amines) is 1. The van der Waals surface area contributed by atoms with Crippen LogP contribution < -0.4 is 5.32 Å². The van der Waals surface area contributed by atoms with E-state index in [4.69, 9.17) is 5.11 Å². The number of hydrogen-bond donors (Lipinski definition) is 3. The van der Waals surface area contributed by atoms with E-state index in [1.54, 1.807) is 6.07 Å². The molecule has 1 amide bonds. The summed E-state index contributed by atoms with van der Waals surface area (Å²) in [4.78, 5) is 26.3. The number of rotatable bonds is 10. The standard InChI is InChI=1S/C27H42N2O4/c1-20-18-29(15-13-27(20,2)23-10-6-11-24(30)17-23)19-22(16-21-8-4-3-5-9-21)26(33)28-14-7-12-25(31)32/h6,10-11,17,20-22,30H,3-5,7-9,12-16,18-19H2,1-2H3,(H,28,33)(H,31,32). The Morgan fingerprint density at radius 3 is 2.67 bits per heavy atom. The molecule has 2 fully saturated rings. The quantitative estimate of drug-likeness (QED) is 0.447. The maximum absolute atomic E-state index is 13.1. The molecule has 3 N–H and O–H groups in total. The highest BCUT2D eigenvalue weighted by Gasteiger charge is 2.39. The van der Waals surface area contributed by atoms with Crippen molar-refractivity contribution in [1.29, 1.82) is 0 Å². The first kappa shape index (κ1) is 25.5. The Kier molecular flexibility index (Phi) is 9.19. The number of piperidine rings is 1. The number of carbonyl (C=O) groups is 2. The van der Waals surface area contributed by atoms with Gasteiger partial charge in [0.25, 0.3) is 0 Å². The minimum Gasteiger partial charge on any atom is -0.508 e. The highest BCUT2D eigenvalue weighted by molar-refractivity contribution is 5.79. The third kappa shape index (κ3) is 7.20. The zero-order valence-corrected chi connectivity index (χ0v) is 20.4. The smallest absolute Gasteiger partial charge is 0.303 e. The van der Waals surface area contributed by atoms with Crippen LogP contribution in [-0.4, -0.2) is 53.2 Å². The fourth-order valence-electron chi connectivity index (χ4n) is 5.77. The number of hydrogen-bond acceptors (Lipinski definition) is 4. The summed E-state index contributed by atoms with van der Waals surface area (Å²) in [7, 11) is 0. The largest absolute Gasteiger partial charge is 0.508 e. The molecule has 0 spiro atoms. The Morgan fingerprint density at radius 2 is 2.00 bits per heavy atom. The number of phenolic OH excluding ortho intramolecular Hbond substituents is 1. The van der Waals surface area contributed by atoms with E-state index in [0.717, 1.165) is 32.5 Å². The number of amides is 1. The van der Waals surface area contributed by atoms with Gasteiger partial charge in [0.05, 0.1) is 5.92 Å². The van der Waals surface area contributed by atoms with E-state index in [1.807, 2.05) is 12.1 Å². The number of carboxylic acid groups (broad SMARTS) is 1. The predicted octanol–water partition coefficient (Wildman–Crippen LogP) is 4.56. The minimum absolute atomic E-state index is 0.00714. The maximum atomic E-state index is 13.1. The molecule has 3 unspecified atom stereocenters. The minimum atomic E-state index is -0.819. The van der Waals surface area contributed by atoms with Crippen LogP contribution in [0, 0.1) is 17.8 Å². The third-order valence-electron chi connectivity index (χ3n) is 8.13. The van der Waals surface area contributed by atoms with Gasteiger partial charge in [-0.15, -0.1) is 0 Å². The summed E-state index contributed by atoms with van der Waals surface area (Å²) in [6, 6.07) is 7.65. The number of benzene rings is 1.